The maximum Gasteiger partial charge on any atom is 0.132 e. The highest BCUT2D eigenvalue weighted by Crippen LogP contribution is 2.35. The molecule has 1 aliphatic rings. The maximum absolute atomic E-state index is 4.43. The van der Waals surface area contributed by atoms with Crippen molar-refractivity contribution < 1.29 is 0 Å². The van der Waals surface area contributed by atoms with Crippen LogP contribution in [0.5, 0.6) is 0 Å². The lowest BCUT2D eigenvalue weighted by atomic mass is 10.3. The van der Waals surface area contributed by atoms with E-state index in [9.17, 15) is 0 Å². The van der Waals surface area contributed by atoms with Gasteiger partial charge in [0.2, 0.25) is 0 Å². The van der Waals surface area contributed by atoms with Crippen molar-refractivity contribution in [3.8, 4) is 0 Å². The van der Waals surface area contributed by atoms with Gasteiger partial charge in [0.15, 0.2) is 0 Å². The summed E-state index contributed by atoms with van der Waals surface area (Å²) in [4.78, 5) is 8.80. The molecule has 1 aliphatic carbocycles. The summed E-state index contributed by atoms with van der Waals surface area (Å²) in [6.07, 6.45) is 3.63. The van der Waals surface area contributed by atoms with Gasteiger partial charge in [-0.25, -0.2) is 9.97 Å². The van der Waals surface area contributed by atoms with Gasteiger partial charge >= 0.3 is 0 Å². The van der Waals surface area contributed by atoms with Crippen LogP contribution in [-0.4, -0.2) is 22.6 Å². The van der Waals surface area contributed by atoms with Gasteiger partial charge in [0.1, 0.15) is 17.5 Å². The molecule has 4 heteroatoms. The summed E-state index contributed by atoms with van der Waals surface area (Å²) in [6.45, 7) is 7.28. The molecule has 1 aromatic rings. The molecule has 2 N–H and O–H groups in total. The minimum Gasteiger partial charge on any atom is -0.370 e. The third-order valence-corrected chi connectivity index (χ3v) is 3.17. The Labute approximate surface area is 103 Å². The molecule has 2 unspecified atom stereocenters. The summed E-state index contributed by atoms with van der Waals surface area (Å²) >= 11 is 0. The van der Waals surface area contributed by atoms with Crippen LogP contribution >= 0.6 is 0 Å². The summed E-state index contributed by atoms with van der Waals surface area (Å²) in [5.74, 6) is 3.53. The van der Waals surface area contributed by atoms with Crippen LogP contribution < -0.4 is 10.6 Å². The zero-order valence-electron chi connectivity index (χ0n) is 11.0. The lowest BCUT2D eigenvalue weighted by molar-refractivity contribution is 0.772. The maximum atomic E-state index is 4.43. The Kier molecular flexibility index (Phi) is 3.82. The van der Waals surface area contributed by atoms with E-state index in [-0.39, 0.29) is 0 Å². The van der Waals surface area contributed by atoms with Crippen molar-refractivity contribution in [3.05, 3.63) is 11.9 Å². The average molecular weight is 234 g/mol. The molecule has 0 spiro atoms. The topological polar surface area (TPSA) is 49.8 Å². The van der Waals surface area contributed by atoms with Crippen molar-refractivity contribution in [3.63, 3.8) is 0 Å². The van der Waals surface area contributed by atoms with E-state index in [1.54, 1.807) is 0 Å². The van der Waals surface area contributed by atoms with Crippen molar-refractivity contribution in [2.24, 2.45) is 5.92 Å². The monoisotopic (exact) mass is 234 g/mol. The van der Waals surface area contributed by atoms with Crippen LogP contribution in [0.15, 0.2) is 6.07 Å². The molecule has 0 amide bonds. The van der Waals surface area contributed by atoms with Crippen LogP contribution in [0.25, 0.3) is 0 Å². The number of aromatic nitrogens is 2. The number of nitrogens with zero attached hydrogens (tertiary/aromatic N) is 2. The SMILES string of the molecule is CCCNc1cc(NC2CC2CC)nc(C)n1. The molecule has 0 radical (unpaired) electrons. The third-order valence-electron chi connectivity index (χ3n) is 3.17. The third kappa shape index (κ3) is 3.32. The van der Waals surface area contributed by atoms with Crippen LogP contribution in [0.3, 0.4) is 0 Å². The van der Waals surface area contributed by atoms with Gasteiger partial charge in [-0.3, -0.25) is 0 Å². The van der Waals surface area contributed by atoms with E-state index < -0.39 is 0 Å². The Morgan fingerprint density at radius 2 is 2.06 bits per heavy atom. The standard InChI is InChI=1S/C13H22N4/c1-4-6-14-12-8-13(16-9(3)15-12)17-11-7-10(11)5-2/h8,10-11H,4-7H2,1-3H3,(H2,14,15,16,17). The molecule has 1 heterocycles. The fourth-order valence-electron chi connectivity index (χ4n) is 2.05. The van der Waals surface area contributed by atoms with E-state index >= 15 is 0 Å². The van der Waals surface area contributed by atoms with Crippen LogP contribution in [0, 0.1) is 12.8 Å². The molecule has 4 nitrogen and oxygen atoms in total. The number of hydrogen-bond donors (Lipinski definition) is 2. The van der Waals surface area contributed by atoms with E-state index in [0.717, 1.165) is 36.3 Å². The van der Waals surface area contributed by atoms with Gasteiger partial charge in [-0.15, -0.1) is 0 Å². The quantitative estimate of drug-likeness (QED) is 0.794. The molecule has 2 atom stereocenters. The van der Waals surface area contributed by atoms with E-state index in [1.165, 1.54) is 12.8 Å². The largest absolute Gasteiger partial charge is 0.370 e. The minimum absolute atomic E-state index is 0.619. The van der Waals surface area contributed by atoms with Crippen LogP contribution in [0.4, 0.5) is 11.6 Å². The fraction of sp³-hybridized carbons (Fsp3) is 0.692. The highest BCUT2D eigenvalue weighted by molar-refractivity contribution is 5.48. The van der Waals surface area contributed by atoms with Crippen molar-refractivity contribution in [1.82, 2.24) is 9.97 Å². The molecule has 1 saturated carbocycles. The molecule has 0 saturated heterocycles. The van der Waals surface area contributed by atoms with Crippen molar-refractivity contribution in [1.29, 1.82) is 0 Å². The van der Waals surface area contributed by atoms with E-state index in [4.69, 9.17) is 0 Å². The molecule has 94 valence electrons. The first kappa shape index (κ1) is 12.1. The van der Waals surface area contributed by atoms with Crippen LogP contribution in [0.1, 0.15) is 38.9 Å². The zero-order chi connectivity index (χ0) is 12.3. The van der Waals surface area contributed by atoms with Gasteiger partial charge < -0.3 is 10.6 Å². The van der Waals surface area contributed by atoms with Gasteiger partial charge in [-0.1, -0.05) is 20.3 Å². The molecule has 2 rings (SSSR count). The number of rotatable bonds is 6. The second kappa shape index (κ2) is 5.34. The molecule has 17 heavy (non-hydrogen) atoms. The first-order valence-corrected chi connectivity index (χ1v) is 6.59. The molecule has 0 bridgehead atoms. The van der Waals surface area contributed by atoms with Crippen molar-refractivity contribution >= 4 is 11.6 Å². The van der Waals surface area contributed by atoms with Gasteiger partial charge in [0, 0.05) is 18.7 Å². The molecular formula is C13H22N4. The minimum atomic E-state index is 0.619. The zero-order valence-corrected chi connectivity index (χ0v) is 11.0. The first-order chi connectivity index (χ1) is 8.22. The predicted molar refractivity (Wildman–Crippen MR) is 71.4 cm³/mol. The molecular weight excluding hydrogens is 212 g/mol. The highest BCUT2D eigenvalue weighted by atomic mass is 15.1. The smallest absolute Gasteiger partial charge is 0.132 e. The number of anilines is 2. The second-order valence-corrected chi connectivity index (χ2v) is 4.77. The van der Waals surface area contributed by atoms with Gasteiger partial charge in [0.25, 0.3) is 0 Å². The Morgan fingerprint density at radius 3 is 2.71 bits per heavy atom. The predicted octanol–water partition coefficient (Wildman–Crippen LogP) is 2.82. The normalized spacial score (nSPS) is 22.3. The highest BCUT2D eigenvalue weighted by Gasteiger charge is 2.35. The van der Waals surface area contributed by atoms with E-state index in [1.807, 2.05) is 13.0 Å². The Hall–Kier alpha value is -1.32. The van der Waals surface area contributed by atoms with Gasteiger partial charge in [-0.05, 0) is 25.7 Å². The summed E-state index contributed by atoms with van der Waals surface area (Å²) in [5.41, 5.74) is 0. The second-order valence-electron chi connectivity index (χ2n) is 4.77. The fourth-order valence-corrected chi connectivity index (χ4v) is 2.05. The summed E-state index contributed by atoms with van der Waals surface area (Å²) in [7, 11) is 0. The molecule has 1 aromatic heterocycles. The lowest BCUT2D eigenvalue weighted by Gasteiger charge is -2.09. The molecule has 0 aromatic carbocycles. The molecule has 0 aliphatic heterocycles. The average Bonchev–Trinajstić information content (AvgIpc) is 3.04. The number of hydrogen-bond acceptors (Lipinski definition) is 4. The summed E-state index contributed by atoms with van der Waals surface area (Å²) in [5, 5.41) is 6.79. The molecule has 1 fully saturated rings. The Bertz CT molecular complexity index is 378. The van der Waals surface area contributed by atoms with E-state index in [2.05, 4.69) is 34.4 Å². The summed E-state index contributed by atoms with van der Waals surface area (Å²) < 4.78 is 0. The van der Waals surface area contributed by atoms with Crippen LogP contribution in [0.2, 0.25) is 0 Å². The van der Waals surface area contributed by atoms with Crippen LogP contribution in [-0.2, 0) is 0 Å². The van der Waals surface area contributed by atoms with E-state index in [0.29, 0.717) is 6.04 Å². The number of nitrogens with one attached hydrogen (secondary N) is 2. The van der Waals surface area contributed by atoms with Gasteiger partial charge in [-0.2, -0.15) is 0 Å². The summed E-state index contributed by atoms with van der Waals surface area (Å²) in [6, 6.07) is 2.63. The first-order valence-electron chi connectivity index (χ1n) is 6.59. The number of aryl methyl sites for hydroxylation is 1. The van der Waals surface area contributed by atoms with Crippen molar-refractivity contribution in [2.75, 3.05) is 17.2 Å². The Balaban J connectivity index is 1.99. The lowest BCUT2D eigenvalue weighted by Crippen LogP contribution is -2.09. The van der Waals surface area contributed by atoms with Crippen molar-refractivity contribution in [2.45, 2.75) is 46.1 Å². The van der Waals surface area contributed by atoms with Gasteiger partial charge in [0.05, 0.1) is 0 Å². The Morgan fingerprint density at radius 1 is 1.29 bits per heavy atom.